The van der Waals surface area contributed by atoms with Crippen LogP contribution in [0.1, 0.15) is 17.4 Å². The van der Waals surface area contributed by atoms with E-state index in [-0.39, 0.29) is 11.5 Å². The number of nitrogens with zero attached hydrogens (tertiary/aromatic N) is 2. The number of alkyl halides is 1. The van der Waals surface area contributed by atoms with Gasteiger partial charge in [-0.15, -0.1) is 6.58 Å². The van der Waals surface area contributed by atoms with E-state index in [1.165, 1.54) is 12.1 Å². The minimum atomic E-state index is -0.839. The van der Waals surface area contributed by atoms with Crippen LogP contribution in [0, 0.1) is 11.7 Å². The van der Waals surface area contributed by atoms with Gasteiger partial charge < -0.3 is 9.47 Å². The van der Waals surface area contributed by atoms with E-state index in [9.17, 15) is 8.78 Å². The molecule has 0 aliphatic carbocycles. The van der Waals surface area contributed by atoms with E-state index in [0.29, 0.717) is 30.2 Å². The molecule has 120 valence electrons. The van der Waals surface area contributed by atoms with Crippen LogP contribution in [0.5, 0.6) is 0 Å². The van der Waals surface area contributed by atoms with Crippen molar-refractivity contribution < 1.29 is 18.3 Å². The summed E-state index contributed by atoms with van der Waals surface area (Å²) in [5.74, 6) is -0.0617. The molecule has 0 atom stereocenters. The lowest BCUT2D eigenvalue weighted by molar-refractivity contribution is -0.197. The van der Waals surface area contributed by atoms with Crippen molar-refractivity contribution in [2.24, 2.45) is 5.92 Å². The van der Waals surface area contributed by atoms with Crippen LogP contribution in [0.15, 0.2) is 43.2 Å². The number of hydrogen-bond acceptors (Lipinski definition) is 4. The third kappa shape index (κ3) is 3.43. The highest BCUT2D eigenvalue weighted by Crippen LogP contribution is 2.26. The second kappa shape index (κ2) is 6.93. The maximum Gasteiger partial charge on any atom is 0.186 e. The SMILES string of the molecule is C=CC1COC(c2cnc(-c3ccc(CF)c(F)c3)nc2)OC1. The molecule has 0 N–H and O–H groups in total. The van der Waals surface area contributed by atoms with Gasteiger partial charge in [0.1, 0.15) is 12.5 Å². The molecular weight excluding hydrogens is 302 g/mol. The van der Waals surface area contributed by atoms with Gasteiger partial charge in [0.15, 0.2) is 12.1 Å². The minimum Gasteiger partial charge on any atom is -0.348 e. The highest BCUT2D eigenvalue weighted by atomic mass is 19.1. The number of hydrogen-bond donors (Lipinski definition) is 0. The zero-order valence-electron chi connectivity index (χ0n) is 12.4. The van der Waals surface area contributed by atoms with Crippen molar-refractivity contribution in [2.45, 2.75) is 13.0 Å². The Morgan fingerprint density at radius 2 is 1.91 bits per heavy atom. The van der Waals surface area contributed by atoms with Crippen LogP contribution in [0.25, 0.3) is 11.4 Å². The van der Waals surface area contributed by atoms with E-state index in [4.69, 9.17) is 9.47 Å². The molecule has 3 rings (SSSR count). The first-order valence-corrected chi connectivity index (χ1v) is 7.23. The van der Waals surface area contributed by atoms with Crippen molar-refractivity contribution in [3.63, 3.8) is 0 Å². The topological polar surface area (TPSA) is 44.2 Å². The summed E-state index contributed by atoms with van der Waals surface area (Å²) in [5.41, 5.74) is 1.20. The van der Waals surface area contributed by atoms with Crippen molar-refractivity contribution in [2.75, 3.05) is 13.2 Å². The standard InChI is InChI=1S/C17H16F2N2O2/c1-2-11-9-22-17(23-10-11)14-7-20-16(21-8-14)12-3-4-13(6-18)15(19)5-12/h2-5,7-8,11,17H,1,6,9-10H2. The summed E-state index contributed by atoms with van der Waals surface area (Å²) in [7, 11) is 0. The molecule has 0 spiro atoms. The Labute approximate surface area is 132 Å². The van der Waals surface area contributed by atoms with Crippen molar-refractivity contribution in [1.29, 1.82) is 0 Å². The van der Waals surface area contributed by atoms with Gasteiger partial charge in [0, 0.05) is 35.0 Å². The van der Waals surface area contributed by atoms with Gasteiger partial charge in [0.2, 0.25) is 0 Å². The average Bonchev–Trinajstić information content (AvgIpc) is 2.62. The molecule has 6 heteroatoms. The molecule has 0 bridgehead atoms. The Balaban J connectivity index is 1.74. The van der Waals surface area contributed by atoms with Crippen LogP contribution in [-0.2, 0) is 16.1 Å². The summed E-state index contributed by atoms with van der Waals surface area (Å²) in [6.07, 6.45) is 4.46. The second-order valence-corrected chi connectivity index (χ2v) is 5.27. The third-order valence-corrected chi connectivity index (χ3v) is 3.66. The molecule has 0 saturated carbocycles. The molecule has 2 aromatic rings. The first-order chi connectivity index (χ1) is 11.2. The van der Waals surface area contributed by atoms with Gasteiger partial charge in [-0.05, 0) is 6.07 Å². The molecule has 0 unspecified atom stereocenters. The van der Waals surface area contributed by atoms with Gasteiger partial charge in [-0.1, -0.05) is 18.2 Å². The van der Waals surface area contributed by atoms with Gasteiger partial charge >= 0.3 is 0 Å². The number of halogens is 2. The summed E-state index contributed by atoms with van der Waals surface area (Å²) in [4.78, 5) is 8.42. The lowest BCUT2D eigenvalue weighted by Gasteiger charge is -2.27. The Morgan fingerprint density at radius 3 is 2.48 bits per heavy atom. The van der Waals surface area contributed by atoms with Gasteiger partial charge in [-0.2, -0.15) is 0 Å². The summed E-state index contributed by atoms with van der Waals surface area (Å²) >= 11 is 0. The Bertz CT molecular complexity index is 683. The van der Waals surface area contributed by atoms with Gasteiger partial charge in [0.25, 0.3) is 0 Å². The first kappa shape index (κ1) is 15.7. The van der Waals surface area contributed by atoms with Crippen LogP contribution in [-0.4, -0.2) is 23.2 Å². The number of aromatic nitrogens is 2. The lowest BCUT2D eigenvalue weighted by atomic mass is 10.1. The monoisotopic (exact) mass is 318 g/mol. The molecule has 0 radical (unpaired) electrons. The zero-order chi connectivity index (χ0) is 16.2. The van der Waals surface area contributed by atoms with E-state index in [2.05, 4.69) is 16.5 Å². The molecular formula is C17H16F2N2O2. The van der Waals surface area contributed by atoms with Crippen LogP contribution < -0.4 is 0 Å². The Morgan fingerprint density at radius 1 is 1.22 bits per heavy atom. The Kier molecular flexibility index (Phi) is 4.73. The largest absolute Gasteiger partial charge is 0.348 e. The van der Waals surface area contributed by atoms with Crippen LogP contribution in [0.4, 0.5) is 8.78 Å². The summed E-state index contributed by atoms with van der Waals surface area (Å²) in [6, 6.07) is 4.21. The molecule has 0 amide bonds. The van der Waals surface area contributed by atoms with Crippen molar-refractivity contribution in [3.8, 4) is 11.4 Å². The molecule has 1 aromatic carbocycles. The fraction of sp³-hybridized carbons (Fsp3) is 0.294. The summed E-state index contributed by atoms with van der Waals surface area (Å²) in [5, 5.41) is 0. The molecule has 1 aromatic heterocycles. The van der Waals surface area contributed by atoms with Crippen LogP contribution >= 0.6 is 0 Å². The molecule has 4 nitrogen and oxygen atoms in total. The first-order valence-electron chi connectivity index (χ1n) is 7.23. The van der Waals surface area contributed by atoms with E-state index < -0.39 is 18.8 Å². The molecule has 23 heavy (non-hydrogen) atoms. The van der Waals surface area contributed by atoms with E-state index in [1.54, 1.807) is 24.5 Å². The second-order valence-electron chi connectivity index (χ2n) is 5.27. The predicted octanol–water partition coefficient (Wildman–Crippen LogP) is 3.60. The quantitative estimate of drug-likeness (QED) is 0.808. The molecule has 2 heterocycles. The van der Waals surface area contributed by atoms with Gasteiger partial charge in [-0.25, -0.2) is 18.7 Å². The van der Waals surface area contributed by atoms with Crippen molar-refractivity contribution in [3.05, 3.63) is 60.2 Å². The molecule has 1 aliphatic rings. The van der Waals surface area contributed by atoms with Crippen LogP contribution in [0.2, 0.25) is 0 Å². The summed E-state index contributed by atoms with van der Waals surface area (Å²) < 4.78 is 37.3. The maximum absolute atomic E-state index is 13.6. The van der Waals surface area contributed by atoms with Crippen molar-refractivity contribution >= 4 is 0 Å². The normalized spacial score (nSPS) is 21.1. The smallest absolute Gasteiger partial charge is 0.186 e. The number of ether oxygens (including phenoxy) is 2. The fourth-order valence-corrected chi connectivity index (χ4v) is 2.25. The number of rotatable bonds is 4. The van der Waals surface area contributed by atoms with Crippen LogP contribution in [0.3, 0.4) is 0 Å². The van der Waals surface area contributed by atoms with E-state index >= 15 is 0 Å². The third-order valence-electron chi connectivity index (χ3n) is 3.66. The van der Waals surface area contributed by atoms with Gasteiger partial charge in [0.05, 0.1) is 13.2 Å². The lowest BCUT2D eigenvalue weighted by Crippen LogP contribution is -2.25. The van der Waals surface area contributed by atoms with Crippen molar-refractivity contribution in [1.82, 2.24) is 9.97 Å². The van der Waals surface area contributed by atoms with E-state index in [1.807, 2.05) is 0 Å². The molecule has 1 fully saturated rings. The average molecular weight is 318 g/mol. The Hall–Kier alpha value is -2.18. The minimum absolute atomic E-state index is 0.0196. The highest BCUT2D eigenvalue weighted by molar-refractivity contribution is 5.55. The summed E-state index contributed by atoms with van der Waals surface area (Å²) in [6.45, 7) is 3.94. The highest BCUT2D eigenvalue weighted by Gasteiger charge is 2.22. The number of benzene rings is 1. The predicted molar refractivity (Wildman–Crippen MR) is 80.6 cm³/mol. The van der Waals surface area contributed by atoms with Gasteiger partial charge in [-0.3, -0.25) is 0 Å². The fourth-order valence-electron chi connectivity index (χ4n) is 2.25. The van der Waals surface area contributed by atoms with E-state index in [0.717, 1.165) is 0 Å². The maximum atomic E-state index is 13.6. The zero-order valence-corrected chi connectivity index (χ0v) is 12.4. The molecule has 1 saturated heterocycles. The molecule has 1 aliphatic heterocycles.